The van der Waals surface area contributed by atoms with E-state index in [0.29, 0.717) is 13.2 Å². The van der Waals surface area contributed by atoms with Gasteiger partial charge in [-0.2, -0.15) is 0 Å². The molecule has 1 N–H and O–H groups in total. The average Bonchev–Trinajstić information content (AvgIpc) is 2.70. The molecule has 0 bridgehead atoms. The highest BCUT2D eigenvalue weighted by molar-refractivity contribution is 5.94. The SMILES string of the molecule is O=C(c1ncccc1O)N1CCCO1. The van der Waals surface area contributed by atoms with Gasteiger partial charge in [0, 0.05) is 6.20 Å². The van der Waals surface area contributed by atoms with Crippen molar-refractivity contribution in [3.8, 4) is 5.75 Å². The second kappa shape index (κ2) is 3.63. The van der Waals surface area contributed by atoms with Crippen molar-refractivity contribution in [1.29, 1.82) is 0 Å². The summed E-state index contributed by atoms with van der Waals surface area (Å²) >= 11 is 0. The maximum absolute atomic E-state index is 11.6. The van der Waals surface area contributed by atoms with E-state index in [-0.39, 0.29) is 17.4 Å². The fourth-order valence-corrected chi connectivity index (χ4v) is 1.29. The Morgan fingerprint density at radius 2 is 2.50 bits per heavy atom. The fraction of sp³-hybridized carbons (Fsp3) is 0.333. The van der Waals surface area contributed by atoms with Crippen LogP contribution in [0.5, 0.6) is 5.75 Å². The zero-order valence-electron chi connectivity index (χ0n) is 7.51. The molecule has 1 saturated heterocycles. The number of carbonyl (C=O) groups is 1. The number of rotatable bonds is 1. The molecule has 0 atom stereocenters. The van der Waals surface area contributed by atoms with Crippen LogP contribution in [0.1, 0.15) is 16.9 Å². The second-order valence-electron chi connectivity index (χ2n) is 2.97. The van der Waals surface area contributed by atoms with Crippen LogP contribution in [0.15, 0.2) is 18.3 Å². The molecular weight excluding hydrogens is 184 g/mol. The molecule has 1 aromatic rings. The van der Waals surface area contributed by atoms with Gasteiger partial charge in [-0.05, 0) is 18.6 Å². The van der Waals surface area contributed by atoms with E-state index in [1.54, 1.807) is 6.07 Å². The summed E-state index contributed by atoms with van der Waals surface area (Å²) in [6.45, 7) is 1.09. The summed E-state index contributed by atoms with van der Waals surface area (Å²) in [5, 5.41) is 10.6. The Morgan fingerprint density at radius 3 is 3.14 bits per heavy atom. The summed E-state index contributed by atoms with van der Waals surface area (Å²) in [5.74, 6) is -0.506. The zero-order valence-corrected chi connectivity index (χ0v) is 7.51. The first kappa shape index (κ1) is 8.96. The Kier molecular flexibility index (Phi) is 2.32. The van der Waals surface area contributed by atoms with Crippen molar-refractivity contribution in [3.63, 3.8) is 0 Å². The molecule has 2 rings (SSSR count). The molecule has 74 valence electrons. The van der Waals surface area contributed by atoms with Crippen molar-refractivity contribution in [2.24, 2.45) is 0 Å². The average molecular weight is 194 g/mol. The summed E-state index contributed by atoms with van der Waals surface area (Å²) in [5.41, 5.74) is 0.0365. The quantitative estimate of drug-likeness (QED) is 0.709. The molecule has 0 spiro atoms. The van der Waals surface area contributed by atoms with E-state index in [0.717, 1.165) is 6.42 Å². The van der Waals surface area contributed by atoms with E-state index >= 15 is 0 Å². The van der Waals surface area contributed by atoms with Gasteiger partial charge in [0.2, 0.25) is 0 Å². The lowest BCUT2D eigenvalue weighted by Gasteiger charge is -2.13. The normalized spacial score (nSPS) is 15.9. The van der Waals surface area contributed by atoms with Crippen LogP contribution in [0.4, 0.5) is 0 Å². The van der Waals surface area contributed by atoms with Crippen molar-refractivity contribution < 1.29 is 14.7 Å². The van der Waals surface area contributed by atoms with Gasteiger partial charge >= 0.3 is 0 Å². The van der Waals surface area contributed by atoms with Crippen LogP contribution in [0.2, 0.25) is 0 Å². The van der Waals surface area contributed by atoms with Crippen LogP contribution in [0.25, 0.3) is 0 Å². The standard InChI is InChI=1S/C9H10N2O3/c12-7-3-1-4-10-8(7)9(13)11-5-2-6-14-11/h1,3-4,12H,2,5-6H2. The minimum atomic E-state index is -0.388. The Morgan fingerprint density at radius 1 is 1.64 bits per heavy atom. The third kappa shape index (κ3) is 1.54. The number of hydroxylamine groups is 2. The zero-order chi connectivity index (χ0) is 9.97. The molecule has 2 heterocycles. The molecule has 0 radical (unpaired) electrons. The molecule has 0 unspecified atom stereocenters. The van der Waals surface area contributed by atoms with Gasteiger partial charge in [-0.1, -0.05) is 0 Å². The predicted molar refractivity (Wildman–Crippen MR) is 47.5 cm³/mol. The highest BCUT2D eigenvalue weighted by Crippen LogP contribution is 2.17. The Bertz CT molecular complexity index is 348. The number of hydrogen-bond acceptors (Lipinski definition) is 4. The Labute approximate surface area is 80.9 Å². The lowest BCUT2D eigenvalue weighted by atomic mass is 10.3. The van der Waals surface area contributed by atoms with Gasteiger partial charge in [0.25, 0.3) is 5.91 Å². The number of carbonyl (C=O) groups excluding carboxylic acids is 1. The maximum atomic E-state index is 11.6. The molecule has 1 aromatic heterocycles. The molecule has 0 saturated carbocycles. The summed E-state index contributed by atoms with van der Waals surface area (Å²) in [6.07, 6.45) is 2.28. The number of aromatic nitrogens is 1. The van der Waals surface area contributed by atoms with Gasteiger partial charge in [0.15, 0.2) is 5.69 Å². The topological polar surface area (TPSA) is 62.7 Å². The van der Waals surface area contributed by atoms with Crippen molar-refractivity contribution >= 4 is 5.91 Å². The van der Waals surface area contributed by atoms with Crippen LogP contribution in [0.3, 0.4) is 0 Å². The lowest BCUT2D eigenvalue weighted by molar-refractivity contribution is -0.0773. The lowest BCUT2D eigenvalue weighted by Crippen LogP contribution is -2.27. The number of pyridine rings is 1. The summed E-state index contributed by atoms with van der Waals surface area (Å²) in [7, 11) is 0. The molecule has 14 heavy (non-hydrogen) atoms. The Hall–Kier alpha value is -1.62. The van der Waals surface area contributed by atoms with Crippen molar-refractivity contribution in [2.45, 2.75) is 6.42 Å². The predicted octanol–water partition coefficient (Wildman–Crippen LogP) is 0.565. The summed E-state index contributed by atoms with van der Waals surface area (Å²) < 4.78 is 0. The minimum Gasteiger partial charge on any atom is -0.505 e. The minimum absolute atomic E-state index is 0.0365. The Balaban J connectivity index is 2.22. The first-order chi connectivity index (χ1) is 6.79. The van der Waals surface area contributed by atoms with Crippen LogP contribution in [-0.4, -0.2) is 34.2 Å². The first-order valence-electron chi connectivity index (χ1n) is 4.38. The molecule has 1 fully saturated rings. The van der Waals surface area contributed by atoms with Crippen LogP contribution >= 0.6 is 0 Å². The second-order valence-corrected chi connectivity index (χ2v) is 2.97. The largest absolute Gasteiger partial charge is 0.505 e. The van der Waals surface area contributed by atoms with Crippen molar-refractivity contribution in [1.82, 2.24) is 10.0 Å². The first-order valence-corrected chi connectivity index (χ1v) is 4.38. The third-order valence-corrected chi connectivity index (χ3v) is 1.97. The molecule has 1 aliphatic rings. The van der Waals surface area contributed by atoms with Gasteiger partial charge in [0.1, 0.15) is 5.75 Å². The molecule has 5 heteroatoms. The van der Waals surface area contributed by atoms with E-state index in [1.807, 2.05) is 0 Å². The van der Waals surface area contributed by atoms with E-state index < -0.39 is 0 Å². The monoisotopic (exact) mass is 194 g/mol. The van der Waals surface area contributed by atoms with E-state index in [4.69, 9.17) is 4.84 Å². The molecule has 1 aliphatic heterocycles. The number of aromatic hydroxyl groups is 1. The summed E-state index contributed by atoms with van der Waals surface area (Å²) in [6, 6.07) is 2.99. The van der Waals surface area contributed by atoms with Gasteiger partial charge in [0.05, 0.1) is 13.2 Å². The van der Waals surface area contributed by atoms with E-state index in [1.165, 1.54) is 17.3 Å². The van der Waals surface area contributed by atoms with Crippen molar-refractivity contribution in [3.05, 3.63) is 24.0 Å². The fourth-order valence-electron chi connectivity index (χ4n) is 1.29. The highest BCUT2D eigenvalue weighted by atomic mass is 16.7. The van der Waals surface area contributed by atoms with Gasteiger partial charge in [-0.3, -0.25) is 9.63 Å². The molecule has 0 aromatic carbocycles. The molecule has 1 amide bonds. The third-order valence-electron chi connectivity index (χ3n) is 1.97. The molecular formula is C9H10N2O3. The van der Waals surface area contributed by atoms with Gasteiger partial charge in [-0.25, -0.2) is 10.0 Å². The van der Waals surface area contributed by atoms with Crippen LogP contribution in [0, 0.1) is 0 Å². The molecule has 5 nitrogen and oxygen atoms in total. The number of hydrogen-bond donors (Lipinski definition) is 1. The maximum Gasteiger partial charge on any atom is 0.299 e. The highest BCUT2D eigenvalue weighted by Gasteiger charge is 2.23. The molecule has 0 aliphatic carbocycles. The van der Waals surface area contributed by atoms with Crippen molar-refractivity contribution in [2.75, 3.05) is 13.2 Å². The van der Waals surface area contributed by atoms with Gasteiger partial charge in [-0.15, -0.1) is 0 Å². The summed E-state index contributed by atoms with van der Waals surface area (Å²) in [4.78, 5) is 20.5. The van der Waals surface area contributed by atoms with Crippen LogP contribution < -0.4 is 0 Å². The smallest absolute Gasteiger partial charge is 0.299 e. The van der Waals surface area contributed by atoms with E-state index in [9.17, 15) is 9.90 Å². The van der Waals surface area contributed by atoms with Crippen LogP contribution in [-0.2, 0) is 4.84 Å². The van der Waals surface area contributed by atoms with Gasteiger partial charge < -0.3 is 5.11 Å². The number of nitrogens with zero attached hydrogens (tertiary/aromatic N) is 2. The number of amides is 1. The van der Waals surface area contributed by atoms with E-state index in [2.05, 4.69) is 4.98 Å².